The molecular weight excluding hydrogens is 416 g/mol. The summed E-state index contributed by atoms with van der Waals surface area (Å²) in [5.41, 5.74) is -0.00998. The van der Waals surface area contributed by atoms with Crippen LogP contribution in [0.3, 0.4) is 0 Å². The van der Waals surface area contributed by atoms with Gasteiger partial charge in [-0.15, -0.1) is 0 Å². The molecule has 156 valence electrons. The topological polar surface area (TPSA) is 157 Å². The summed E-state index contributed by atoms with van der Waals surface area (Å²) < 4.78 is 31.3. The van der Waals surface area contributed by atoms with Crippen molar-refractivity contribution in [1.82, 2.24) is 4.72 Å². The SMILES string of the molecule is CC(N=C1NS(=O)(=O)c2ccccc21)C(=O)OCC(=O)Nc1ccccc1[N+](=O)[O-]. The molecule has 1 aliphatic rings. The maximum atomic E-state index is 12.1. The van der Waals surface area contributed by atoms with E-state index in [0.717, 1.165) is 0 Å². The van der Waals surface area contributed by atoms with Crippen LogP contribution >= 0.6 is 0 Å². The molecule has 0 aromatic heterocycles. The number of benzene rings is 2. The van der Waals surface area contributed by atoms with Gasteiger partial charge in [-0.3, -0.25) is 24.6 Å². The molecule has 0 saturated carbocycles. The predicted molar refractivity (Wildman–Crippen MR) is 105 cm³/mol. The van der Waals surface area contributed by atoms with Crippen LogP contribution in [0.4, 0.5) is 11.4 Å². The second kappa shape index (κ2) is 8.29. The van der Waals surface area contributed by atoms with Crippen molar-refractivity contribution in [3.63, 3.8) is 0 Å². The van der Waals surface area contributed by atoms with Crippen LogP contribution in [0.1, 0.15) is 12.5 Å². The van der Waals surface area contributed by atoms with Gasteiger partial charge in [-0.2, -0.15) is 0 Å². The van der Waals surface area contributed by atoms with Gasteiger partial charge in [0.2, 0.25) is 0 Å². The zero-order chi connectivity index (χ0) is 21.9. The molecule has 11 nitrogen and oxygen atoms in total. The van der Waals surface area contributed by atoms with Crippen LogP contribution in [0.15, 0.2) is 58.4 Å². The van der Waals surface area contributed by atoms with E-state index in [1.807, 2.05) is 0 Å². The first kappa shape index (κ1) is 20.9. The van der Waals surface area contributed by atoms with Gasteiger partial charge in [0.25, 0.3) is 21.6 Å². The van der Waals surface area contributed by atoms with Crippen LogP contribution in [0.2, 0.25) is 0 Å². The van der Waals surface area contributed by atoms with E-state index in [1.54, 1.807) is 18.2 Å². The monoisotopic (exact) mass is 432 g/mol. The zero-order valence-electron chi connectivity index (χ0n) is 15.6. The summed E-state index contributed by atoms with van der Waals surface area (Å²) in [6.45, 7) is 0.687. The molecule has 1 atom stereocenters. The van der Waals surface area contributed by atoms with Crippen LogP contribution in [0, 0.1) is 10.1 Å². The molecule has 0 bridgehead atoms. The minimum atomic E-state index is -3.75. The number of carbonyl (C=O) groups excluding carboxylic acids is 2. The Morgan fingerprint density at radius 2 is 1.87 bits per heavy atom. The quantitative estimate of drug-likeness (QED) is 0.394. The molecule has 0 fully saturated rings. The lowest BCUT2D eigenvalue weighted by atomic mass is 10.2. The van der Waals surface area contributed by atoms with E-state index >= 15 is 0 Å². The first-order valence-corrected chi connectivity index (χ1v) is 10.1. The Morgan fingerprint density at radius 3 is 2.60 bits per heavy atom. The van der Waals surface area contributed by atoms with E-state index in [-0.39, 0.29) is 22.1 Å². The van der Waals surface area contributed by atoms with E-state index in [0.29, 0.717) is 5.56 Å². The second-order valence-corrected chi connectivity index (χ2v) is 7.84. The van der Waals surface area contributed by atoms with Crippen molar-refractivity contribution < 1.29 is 27.7 Å². The highest BCUT2D eigenvalue weighted by Gasteiger charge is 2.31. The zero-order valence-corrected chi connectivity index (χ0v) is 16.4. The molecule has 0 saturated heterocycles. The number of nitrogens with zero attached hydrogens (tertiary/aromatic N) is 2. The molecule has 1 unspecified atom stereocenters. The first-order valence-electron chi connectivity index (χ1n) is 8.59. The van der Waals surface area contributed by atoms with E-state index in [1.165, 1.54) is 37.3 Å². The van der Waals surface area contributed by atoms with Gasteiger partial charge in [0.15, 0.2) is 6.61 Å². The molecule has 1 aliphatic heterocycles. The number of nitro groups is 1. The number of esters is 1. The maximum absolute atomic E-state index is 12.1. The molecule has 0 spiro atoms. The highest BCUT2D eigenvalue weighted by Crippen LogP contribution is 2.24. The van der Waals surface area contributed by atoms with Crippen LogP contribution in [0.5, 0.6) is 0 Å². The number of amides is 1. The van der Waals surface area contributed by atoms with Crippen LogP contribution in [-0.2, 0) is 24.3 Å². The number of anilines is 1. The lowest BCUT2D eigenvalue weighted by Gasteiger charge is -2.10. The number of hydrogen-bond acceptors (Lipinski definition) is 8. The van der Waals surface area contributed by atoms with Crippen molar-refractivity contribution >= 4 is 39.1 Å². The molecule has 2 N–H and O–H groups in total. The van der Waals surface area contributed by atoms with Crippen molar-refractivity contribution in [2.45, 2.75) is 17.9 Å². The number of aliphatic imine (C=N–C) groups is 1. The Balaban J connectivity index is 1.63. The van der Waals surface area contributed by atoms with Crippen molar-refractivity contribution in [3.8, 4) is 0 Å². The van der Waals surface area contributed by atoms with Crippen molar-refractivity contribution in [3.05, 3.63) is 64.2 Å². The molecule has 30 heavy (non-hydrogen) atoms. The molecular formula is C18H16N4O7S. The minimum Gasteiger partial charge on any atom is -0.454 e. The average molecular weight is 432 g/mol. The molecule has 0 aliphatic carbocycles. The largest absolute Gasteiger partial charge is 0.454 e. The first-order chi connectivity index (χ1) is 14.2. The summed E-state index contributed by atoms with van der Waals surface area (Å²) in [5, 5.41) is 13.3. The summed E-state index contributed by atoms with van der Waals surface area (Å²) in [6.07, 6.45) is 0. The molecule has 2 aromatic rings. The third-order valence-corrected chi connectivity index (χ3v) is 5.44. The summed E-state index contributed by atoms with van der Waals surface area (Å²) >= 11 is 0. The lowest BCUT2D eigenvalue weighted by Crippen LogP contribution is -2.29. The number of ether oxygens (including phenoxy) is 1. The smallest absolute Gasteiger partial charge is 0.331 e. The summed E-state index contributed by atoms with van der Waals surface area (Å²) in [4.78, 5) is 38.5. The third kappa shape index (κ3) is 4.43. The van der Waals surface area contributed by atoms with Gasteiger partial charge in [-0.25, -0.2) is 13.2 Å². The molecule has 1 heterocycles. The van der Waals surface area contributed by atoms with Crippen LogP contribution in [0.25, 0.3) is 0 Å². The Labute approximate surface area is 171 Å². The van der Waals surface area contributed by atoms with Gasteiger partial charge in [-0.1, -0.05) is 24.3 Å². The van der Waals surface area contributed by atoms with E-state index in [9.17, 15) is 28.1 Å². The van der Waals surface area contributed by atoms with Crippen LogP contribution in [-0.4, -0.2) is 43.7 Å². The van der Waals surface area contributed by atoms with Crippen molar-refractivity contribution in [2.75, 3.05) is 11.9 Å². The molecule has 0 radical (unpaired) electrons. The van der Waals surface area contributed by atoms with Gasteiger partial charge >= 0.3 is 5.97 Å². The maximum Gasteiger partial charge on any atom is 0.331 e. The van der Waals surface area contributed by atoms with Gasteiger partial charge in [0.05, 0.1) is 9.82 Å². The van der Waals surface area contributed by atoms with Gasteiger partial charge in [-0.05, 0) is 25.1 Å². The number of rotatable bonds is 6. The fourth-order valence-corrected chi connectivity index (χ4v) is 3.90. The second-order valence-electron chi connectivity index (χ2n) is 6.19. The lowest BCUT2D eigenvalue weighted by molar-refractivity contribution is -0.383. The molecule has 1 amide bonds. The normalized spacial score (nSPS) is 16.2. The Morgan fingerprint density at radius 1 is 1.20 bits per heavy atom. The van der Waals surface area contributed by atoms with Gasteiger partial charge in [0, 0.05) is 11.6 Å². The highest BCUT2D eigenvalue weighted by molar-refractivity contribution is 7.90. The van der Waals surface area contributed by atoms with Crippen molar-refractivity contribution in [2.24, 2.45) is 4.99 Å². The summed E-state index contributed by atoms with van der Waals surface area (Å²) in [7, 11) is -3.75. The third-order valence-electron chi connectivity index (χ3n) is 4.05. The number of carbonyl (C=O) groups is 2. The van der Waals surface area contributed by atoms with E-state index in [4.69, 9.17) is 4.74 Å². The van der Waals surface area contributed by atoms with Crippen molar-refractivity contribution in [1.29, 1.82) is 0 Å². The highest BCUT2D eigenvalue weighted by atomic mass is 32.2. The van der Waals surface area contributed by atoms with E-state index in [2.05, 4.69) is 15.0 Å². The Bertz CT molecular complexity index is 1160. The summed E-state index contributed by atoms with van der Waals surface area (Å²) in [6, 6.07) is 10.6. The standard InChI is InChI=1S/C18H16N4O7S/c1-11(19-17-12-6-2-5-9-15(12)30(27,28)21-17)18(24)29-10-16(23)20-13-7-3-4-8-14(13)22(25)26/h2-9,11H,10H2,1H3,(H,19,21)(H,20,23). The molecule has 3 rings (SSSR count). The number of hydrogen-bond donors (Lipinski definition) is 2. The predicted octanol–water partition coefficient (Wildman–Crippen LogP) is 1.20. The molecule has 2 aromatic carbocycles. The average Bonchev–Trinajstić information content (AvgIpc) is 2.96. The van der Waals surface area contributed by atoms with Crippen LogP contribution < -0.4 is 10.0 Å². The number of para-hydroxylation sites is 2. The number of nitrogens with one attached hydrogen (secondary N) is 2. The number of nitro benzene ring substituents is 1. The number of fused-ring (bicyclic) bond motifs is 1. The van der Waals surface area contributed by atoms with Gasteiger partial charge in [0.1, 0.15) is 17.6 Å². The number of sulfonamides is 1. The Hall–Kier alpha value is -3.80. The summed E-state index contributed by atoms with van der Waals surface area (Å²) in [5.74, 6) is -1.65. The fourth-order valence-electron chi connectivity index (χ4n) is 2.66. The van der Waals surface area contributed by atoms with E-state index < -0.39 is 39.5 Å². The Kier molecular flexibility index (Phi) is 5.78. The fraction of sp³-hybridized carbons (Fsp3) is 0.167. The van der Waals surface area contributed by atoms with Gasteiger partial charge < -0.3 is 10.1 Å². The number of amidine groups is 1. The molecule has 12 heteroatoms. The minimum absolute atomic E-state index is 0.000545.